The third kappa shape index (κ3) is 5.66. The zero-order valence-electron chi connectivity index (χ0n) is 20.0. The standard InChI is InChI=1S/C26H30FN3O6/c1-35-26(34)20-11-19(20)25(33)29-18-4-2-3-15(10-18)16-5-6-22(17(9-16)12-28)36-23-7-8-30(13-21(23)27)24(32)14-31/h2-6,9-10,19-21,23,31H,7-8,11-14,28H2,1H3,(H,29,33)/t19-,20-,21-,23+/m1/s1. The van der Waals surface area contributed by atoms with Gasteiger partial charge in [-0.15, -0.1) is 0 Å². The lowest BCUT2D eigenvalue weighted by molar-refractivity contribution is -0.143. The second-order valence-electron chi connectivity index (χ2n) is 9.03. The van der Waals surface area contributed by atoms with E-state index in [0.717, 1.165) is 11.1 Å². The minimum absolute atomic E-state index is 0.125. The number of methoxy groups -OCH3 is 1. The maximum atomic E-state index is 14.7. The molecule has 1 aliphatic heterocycles. The van der Waals surface area contributed by atoms with Crippen molar-refractivity contribution in [2.45, 2.75) is 31.7 Å². The molecule has 1 aliphatic carbocycles. The average Bonchev–Trinajstić information content (AvgIpc) is 3.70. The van der Waals surface area contributed by atoms with Crippen molar-refractivity contribution in [3.8, 4) is 16.9 Å². The highest BCUT2D eigenvalue weighted by Gasteiger charge is 2.49. The maximum Gasteiger partial charge on any atom is 0.309 e. The summed E-state index contributed by atoms with van der Waals surface area (Å²) >= 11 is 0. The van der Waals surface area contributed by atoms with Crippen LogP contribution in [-0.4, -0.2) is 66.9 Å². The molecule has 2 fully saturated rings. The molecule has 10 heteroatoms. The summed E-state index contributed by atoms with van der Waals surface area (Å²) in [6.07, 6.45) is -1.32. The number of esters is 1. The van der Waals surface area contributed by atoms with Gasteiger partial charge in [0.15, 0.2) is 6.17 Å². The monoisotopic (exact) mass is 499 g/mol. The van der Waals surface area contributed by atoms with Gasteiger partial charge in [-0.2, -0.15) is 0 Å². The molecule has 4 N–H and O–H groups in total. The Labute approximate surface area is 208 Å². The lowest BCUT2D eigenvalue weighted by atomic mass is 10.0. The number of piperidine rings is 1. The molecule has 0 spiro atoms. The Hall–Kier alpha value is -3.50. The van der Waals surface area contributed by atoms with Crippen LogP contribution in [-0.2, 0) is 25.7 Å². The molecule has 2 aromatic rings. The molecule has 0 radical (unpaired) electrons. The van der Waals surface area contributed by atoms with Crippen LogP contribution in [0, 0.1) is 11.8 Å². The van der Waals surface area contributed by atoms with Crippen molar-refractivity contribution in [3.63, 3.8) is 0 Å². The van der Waals surface area contributed by atoms with Gasteiger partial charge in [-0.25, -0.2) is 4.39 Å². The zero-order valence-corrected chi connectivity index (χ0v) is 20.0. The number of hydrogen-bond acceptors (Lipinski definition) is 7. The Morgan fingerprint density at radius 3 is 2.64 bits per heavy atom. The number of benzene rings is 2. The Morgan fingerprint density at radius 2 is 1.94 bits per heavy atom. The number of rotatable bonds is 8. The van der Waals surface area contributed by atoms with Crippen molar-refractivity contribution < 1.29 is 33.4 Å². The van der Waals surface area contributed by atoms with E-state index in [1.54, 1.807) is 12.1 Å². The number of nitrogens with two attached hydrogens (primary N) is 1. The van der Waals surface area contributed by atoms with Crippen LogP contribution in [0.1, 0.15) is 18.4 Å². The SMILES string of the molecule is COC(=O)[C@@H]1C[C@H]1C(=O)Nc1cccc(-c2ccc(O[C@H]3CCN(C(=O)CO)C[C@H]3F)c(CN)c2)c1. The molecule has 0 bridgehead atoms. The number of ether oxygens (including phenoxy) is 2. The minimum atomic E-state index is -1.38. The van der Waals surface area contributed by atoms with Crippen molar-refractivity contribution in [2.75, 3.05) is 32.1 Å². The highest BCUT2D eigenvalue weighted by Crippen LogP contribution is 2.40. The first-order valence-electron chi connectivity index (χ1n) is 11.9. The van der Waals surface area contributed by atoms with Crippen LogP contribution in [0.4, 0.5) is 10.1 Å². The normalized spacial score (nSPS) is 23.1. The second kappa shape index (κ2) is 11.0. The lowest BCUT2D eigenvalue weighted by Gasteiger charge is -2.34. The van der Waals surface area contributed by atoms with E-state index >= 15 is 0 Å². The van der Waals surface area contributed by atoms with Gasteiger partial charge in [0, 0.05) is 30.8 Å². The van der Waals surface area contributed by atoms with E-state index in [0.29, 0.717) is 36.4 Å². The summed E-state index contributed by atoms with van der Waals surface area (Å²) in [4.78, 5) is 37.0. The Morgan fingerprint density at radius 1 is 1.17 bits per heavy atom. The first kappa shape index (κ1) is 25.6. The van der Waals surface area contributed by atoms with Gasteiger partial charge in [0.1, 0.15) is 18.5 Å². The smallest absolute Gasteiger partial charge is 0.309 e. The van der Waals surface area contributed by atoms with Crippen LogP contribution in [0.2, 0.25) is 0 Å². The largest absolute Gasteiger partial charge is 0.487 e. The van der Waals surface area contributed by atoms with Gasteiger partial charge in [0.2, 0.25) is 11.8 Å². The molecule has 1 saturated heterocycles. The molecule has 4 rings (SSSR count). The van der Waals surface area contributed by atoms with E-state index in [-0.39, 0.29) is 36.8 Å². The van der Waals surface area contributed by atoms with Crippen molar-refractivity contribution in [1.82, 2.24) is 4.90 Å². The number of likely N-dealkylation sites (tertiary alicyclic amines) is 1. The van der Waals surface area contributed by atoms with Crippen LogP contribution in [0.3, 0.4) is 0 Å². The molecule has 2 amide bonds. The van der Waals surface area contributed by atoms with Crippen LogP contribution >= 0.6 is 0 Å². The van der Waals surface area contributed by atoms with Crippen molar-refractivity contribution in [3.05, 3.63) is 48.0 Å². The summed E-state index contributed by atoms with van der Waals surface area (Å²) in [6, 6.07) is 12.8. The molecular formula is C26H30FN3O6. The van der Waals surface area contributed by atoms with E-state index in [9.17, 15) is 18.8 Å². The summed E-state index contributed by atoms with van der Waals surface area (Å²) in [7, 11) is 1.31. The summed E-state index contributed by atoms with van der Waals surface area (Å²) in [6.45, 7) is -0.286. The molecule has 0 aromatic heterocycles. The van der Waals surface area contributed by atoms with Crippen molar-refractivity contribution >= 4 is 23.5 Å². The van der Waals surface area contributed by atoms with E-state index in [2.05, 4.69) is 5.32 Å². The van der Waals surface area contributed by atoms with Gasteiger partial charge < -0.3 is 30.5 Å². The van der Waals surface area contributed by atoms with Crippen molar-refractivity contribution in [1.29, 1.82) is 0 Å². The molecule has 9 nitrogen and oxygen atoms in total. The van der Waals surface area contributed by atoms with Gasteiger partial charge in [-0.1, -0.05) is 18.2 Å². The highest BCUT2D eigenvalue weighted by atomic mass is 19.1. The highest BCUT2D eigenvalue weighted by molar-refractivity contribution is 5.98. The fraction of sp³-hybridized carbons (Fsp3) is 0.423. The molecule has 1 saturated carbocycles. The van der Waals surface area contributed by atoms with Gasteiger partial charge in [-0.3, -0.25) is 14.4 Å². The van der Waals surface area contributed by atoms with E-state index < -0.39 is 24.8 Å². The summed E-state index contributed by atoms with van der Waals surface area (Å²) in [5.41, 5.74) is 8.94. The quantitative estimate of drug-likeness (QED) is 0.473. The fourth-order valence-corrected chi connectivity index (χ4v) is 4.45. The number of alkyl halides is 1. The van der Waals surface area contributed by atoms with E-state index in [4.69, 9.17) is 20.3 Å². The zero-order chi connectivity index (χ0) is 25.8. The third-order valence-corrected chi connectivity index (χ3v) is 6.62. The first-order chi connectivity index (χ1) is 17.3. The van der Waals surface area contributed by atoms with E-state index in [1.165, 1.54) is 12.0 Å². The Kier molecular flexibility index (Phi) is 7.85. The van der Waals surface area contributed by atoms with Crippen molar-refractivity contribution in [2.24, 2.45) is 17.6 Å². The number of carbonyl (C=O) groups is 3. The number of aliphatic hydroxyl groups is 1. The predicted octanol–water partition coefficient (Wildman–Crippen LogP) is 1.87. The predicted molar refractivity (Wildman–Crippen MR) is 130 cm³/mol. The number of halogens is 1. The number of amides is 2. The summed E-state index contributed by atoms with van der Waals surface area (Å²) in [5, 5.41) is 11.8. The van der Waals surface area contributed by atoms with Gasteiger partial charge in [-0.05, 0) is 41.8 Å². The first-order valence-corrected chi connectivity index (χ1v) is 11.9. The molecule has 1 heterocycles. The summed E-state index contributed by atoms with van der Waals surface area (Å²) < 4.78 is 25.3. The van der Waals surface area contributed by atoms with Crippen LogP contribution in [0.15, 0.2) is 42.5 Å². The number of nitrogens with zero attached hydrogens (tertiary/aromatic N) is 1. The molecule has 0 unspecified atom stereocenters. The minimum Gasteiger partial charge on any atom is -0.487 e. The van der Waals surface area contributed by atoms with Gasteiger partial charge >= 0.3 is 5.97 Å². The average molecular weight is 500 g/mol. The molecule has 192 valence electrons. The van der Waals surface area contributed by atoms with Crippen LogP contribution in [0.5, 0.6) is 5.75 Å². The third-order valence-electron chi connectivity index (χ3n) is 6.62. The number of anilines is 1. The fourth-order valence-electron chi connectivity index (χ4n) is 4.45. The topological polar surface area (TPSA) is 131 Å². The Balaban J connectivity index is 1.43. The molecule has 36 heavy (non-hydrogen) atoms. The second-order valence-corrected chi connectivity index (χ2v) is 9.03. The summed E-state index contributed by atoms with van der Waals surface area (Å²) in [5.74, 6) is -1.38. The van der Waals surface area contributed by atoms with Crippen LogP contribution < -0.4 is 15.8 Å². The number of aliphatic hydroxyl groups excluding tert-OH is 1. The molecule has 4 atom stereocenters. The van der Waals surface area contributed by atoms with E-state index in [1.807, 2.05) is 30.3 Å². The molecule has 2 aliphatic rings. The van der Waals surface area contributed by atoms with Crippen LogP contribution in [0.25, 0.3) is 11.1 Å². The lowest BCUT2D eigenvalue weighted by Crippen LogP contribution is -2.50. The Bertz CT molecular complexity index is 1140. The maximum absolute atomic E-state index is 14.7. The van der Waals surface area contributed by atoms with Gasteiger partial charge in [0.05, 0.1) is 25.5 Å². The number of hydrogen-bond donors (Lipinski definition) is 3. The molecule has 2 aromatic carbocycles. The number of nitrogens with one attached hydrogen (secondary N) is 1. The van der Waals surface area contributed by atoms with Gasteiger partial charge in [0.25, 0.3) is 0 Å². The number of carbonyl (C=O) groups excluding carboxylic acids is 3. The molecular weight excluding hydrogens is 469 g/mol.